The molecule has 1 saturated heterocycles. The van der Waals surface area contributed by atoms with E-state index in [4.69, 9.17) is 10.5 Å². The highest BCUT2D eigenvalue weighted by atomic mass is 16.6. The van der Waals surface area contributed by atoms with Gasteiger partial charge in [0, 0.05) is 13.0 Å². The average Bonchev–Trinajstić information content (AvgIpc) is 3.02. The SMILES string of the molecule is NCC1OC(=O)N(Cc2ccccc2)C1(Cc1ccccc1)c1ccccc1. The van der Waals surface area contributed by atoms with Crippen LogP contribution < -0.4 is 5.73 Å². The van der Waals surface area contributed by atoms with Crippen LogP contribution in [0, 0.1) is 0 Å². The van der Waals surface area contributed by atoms with Crippen LogP contribution in [0.15, 0.2) is 91.0 Å². The van der Waals surface area contributed by atoms with Crippen molar-refractivity contribution in [1.82, 2.24) is 4.90 Å². The number of carbonyl (C=O) groups is 1. The number of ether oxygens (including phenoxy) is 1. The molecule has 142 valence electrons. The molecule has 0 radical (unpaired) electrons. The lowest BCUT2D eigenvalue weighted by Crippen LogP contribution is -2.52. The second-order valence-corrected chi connectivity index (χ2v) is 7.13. The molecule has 3 aromatic carbocycles. The fourth-order valence-electron chi connectivity index (χ4n) is 4.12. The molecule has 0 aromatic heterocycles. The van der Waals surface area contributed by atoms with Gasteiger partial charge >= 0.3 is 6.09 Å². The number of nitrogens with zero attached hydrogens (tertiary/aromatic N) is 1. The summed E-state index contributed by atoms with van der Waals surface area (Å²) < 4.78 is 5.80. The molecule has 4 nitrogen and oxygen atoms in total. The zero-order valence-corrected chi connectivity index (χ0v) is 15.7. The van der Waals surface area contributed by atoms with Gasteiger partial charge in [-0.3, -0.25) is 4.90 Å². The summed E-state index contributed by atoms with van der Waals surface area (Å²) in [6.45, 7) is 0.733. The fourth-order valence-corrected chi connectivity index (χ4v) is 4.12. The van der Waals surface area contributed by atoms with Gasteiger partial charge in [-0.05, 0) is 16.7 Å². The molecule has 1 aliphatic rings. The van der Waals surface area contributed by atoms with Crippen molar-refractivity contribution >= 4 is 6.09 Å². The van der Waals surface area contributed by atoms with Crippen LogP contribution in [0.2, 0.25) is 0 Å². The van der Waals surface area contributed by atoms with Gasteiger partial charge in [-0.2, -0.15) is 0 Å². The van der Waals surface area contributed by atoms with Crippen LogP contribution in [0.5, 0.6) is 0 Å². The van der Waals surface area contributed by atoms with Crippen LogP contribution in [0.25, 0.3) is 0 Å². The smallest absolute Gasteiger partial charge is 0.411 e. The summed E-state index contributed by atoms with van der Waals surface area (Å²) in [7, 11) is 0. The largest absolute Gasteiger partial charge is 0.442 e. The van der Waals surface area contributed by atoms with Crippen LogP contribution in [-0.4, -0.2) is 23.6 Å². The first kappa shape index (κ1) is 18.3. The monoisotopic (exact) mass is 372 g/mol. The Morgan fingerprint density at radius 1 is 0.821 bits per heavy atom. The van der Waals surface area contributed by atoms with E-state index in [2.05, 4.69) is 24.3 Å². The summed E-state index contributed by atoms with van der Waals surface area (Å²) in [4.78, 5) is 14.8. The van der Waals surface area contributed by atoms with Gasteiger partial charge in [-0.1, -0.05) is 91.0 Å². The third-order valence-electron chi connectivity index (χ3n) is 5.47. The molecule has 2 unspecified atom stereocenters. The number of hydrogen-bond donors (Lipinski definition) is 1. The number of nitrogens with two attached hydrogens (primary N) is 1. The van der Waals surface area contributed by atoms with E-state index in [1.807, 2.05) is 71.6 Å². The van der Waals surface area contributed by atoms with E-state index in [1.54, 1.807) is 0 Å². The van der Waals surface area contributed by atoms with E-state index in [9.17, 15) is 4.79 Å². The molecule has 0 aliphatic carbocycles. The quantitative estimate of drug-likeness (QED) is 0.709. The van der Waals surface area contributed by atoms with Crippen molar-refractivity contribution < 1.29 is 9.53 Å². The topological polar surface area (TPSA) is 55.6 Å². The molecule has 2 N–H and O–H groups in total. The van der Waals surface area contributed by atoms with Crippen molar-refractivity contribution in [2.24, 2.45) is 5.73 Å². The zero-order chi connectivity index (χ0) is 19.4. The maximum atomic E-state index is 13.0. The Morgan fingerprint density at radius 3 is 1.93 bits per heavy atom. The molecule has 4 heteroatoms. The number of amides is 1. The molecule has 0 spiro atoms. The van der Waals surface area contributed by atoms with Crippen molar-refractivity contribution in [2.45, 2.75) is 24.6 Å². The van der Waals surface area contributed by atoms with Crippen LogP contribution in [0.1, 0.15) is 16.7 Å². The van der Waals surface area contributed by atoms with Gasteiger partial charge in [0.15, 0.2) is 0 Å². The van der Waals surface area contributed by atoms with Gasteiger partial charge in [-0.25, -0.2) is 4.79 Å². The van der Waals surface area contributed by atoms with Crippen LogP contribution in [0.4, 0.5) is 4.79 Å². The predicted octanol–water partition coefficient (Wildman–Crippen LogP) is 4.10. The highest BCUT2D eigenvalue weighted by Gasteiger charge is 2.55. The molecule has 3 aromatic rings. The maximum Gasteiger partial charge on any atom is 0.411 e. The van der Waals surface area contributed by atoms with E-state index in [-0.39, 0.29) is 12.6 Å². The van der Waals surface area contributed by atoms with Crippen molar-refractivity contribution in [3.8, 4) is 0 Å². The van der Waals surface area contributed by atoms with E-state index >= 15 is 0 Å². The Labute approximate surface area is 165 Å². The Morgan fingerprint density at radius 2 is 1.36 bits per heavy atom. The van der Waals surface area contributed by atoms with Gasteiger partial charge in [0.05, 0.1) is 6.54 Å². The fraction of sp³-hybridized carbons (Fsp3) is 0.208. The minimum absolute atomic E-state index is 0.263. The third-order valence-corrected chi connectivity index (χ3v) is 5.47. The number of hydrogen-bond acceptors (Lipinski definition) is 3. The molecule has 0 bridgehead atoms. The summed E-state index contributed by atoms with van der Waals surface area (Å²) in [5, 5.41) is 0. The maximum absolute atomic E-state index is 13.0. The molecule has 0 saturated carbocycles. The van der Waals surface area contributed by atoms with E-state index in [0.29, 0.717) is 13.0 Å². The molecule has 1 aliphatic heterocycles. The Balaban J connectivity index is 1.84. The van der Waals surface area contributed by atoms with Crippen LogP contribution in [-0.2, 0) is 23.2 Å². The highest BCUT2D eigenvalue weighted by Crippen LogP contribution is 2.43. The summed E-state index contributed by atoms with van der Waals surface area (Å²) in [6, 6.07) is 30.3. The van der Waals surface area contributed by atoms with Crippen LogP contribution >= 0.6 is 0 Å². The van der Waals surface area contributed by atoms with E-state index < -0.39 is 11.6 Å². The van der Waals surface area contributed by atoms with Gasteiger partial charge < -0.3 is 10.5 Å². The molecule has 4 rings (SSSR count). The van der Waals surface area contributed by atoms with Crippen molar-refractivity contribution in [3.05, 3.63) is 108 Å². The standard InChI is InChI=1S/C24H24N2O2/c25-17-22-24(21-14-8-3-9-15-21,16-19-10-4-1-5-11-19)26(23(27)28-22)18-20-12-6-2-7-13-20/h1-15,22H,16-18,25H2. The average molecular weight is 372 g/mol. The number of rotatable bonds is 6. The Bertz CT molecular complexity index is 915. The first-order valence-corrected chi connectivity index (χ1v) is 9.56. The van der Waals surface area contributed by atoms with Crippen molar-refractivity contribution in [2.75, 3.05) is 6.54 Å². The summed E-state index contributed by atoms with van der Waals surface area (Å²) in [6.07, 6.45) is -0.108. The summed E-state index contributed by atoms with van der Waals surface area (Å²) in [5.74, 6) is 0. The molecule has 28 heavy (non-hydrogen) atoms. The number of carbonyl (C=O) groups excluding carboxylic acids is 1. The Hall–Kier alpha value is -3.11. The normalized spacial score (nSPS) is 21.5. The minimum Gasteiger partial charge on any atom is -0.442 e. The number of cyclic esters (lactones) is 1. The van der Waals surface area contributed by atoms with Crippen molar-refractivity contribution in [3.63, 3.8) is 0 Å². The lowest BCUT2D eigenvalue weighted by Gasteiger charge is -2.40. The van der Waals surface area contributed by atoms with E-state index in [1.165, 1.54) is 0 Å². The van der Waals surface area contributed by atoms with Gasteiger partial charge in [0.25, 0.3) is 0 Å². The highest BCUT2D eigenvalue weighted by molar-refractivity contribution is 5.73. The molecule has 2 atom stereocenters. The third kappa shape index (κ3) is 3.27. The second-order valence-electron chi connectivity index (χ2n) is 7.13. The van der Waals surface area contributed by atoms with E-state index in [0.717, 1.165) is 16.7 Å². The summed E-state index contributed by atoms with van der Waals surface area (Å²) >= 11 is 0. The van der Waals surface area contributed by atoms with Gasteiger partial charge in [-0.15, -0.1) is 0 Å². The van der Waals surface area contributed by atoms with Gasteiger partial charge in [0.2, 0.25) is 0 Å². The van der Waals surface area contributed by atoms with Crippen LogP contribution in [0.3, 0.4) is 0 Å². The number of benzene rings is 3. The molecule has 1 amide bonds. The molecule has 1 fully saturated rings. The zero-order valence-electron chi connectivity index (χ0n) is 15.7. The molecular formula is C24H24N2O2. The molecule has 1 heterocycles. The van der Waals surface area contributed by atoms with Gasteiger partial charge in [0.1, 0.15) is 11.6 Å². The second kappa shape index (κ2) is 7.87. The first-order valence-electron chi connectivity index (χ1n) is 9.56. The lowest BCUT2D eigenvalue weighted by molar-refractivity contribution is 0.0962. The lowest BCUT2D eigenvalue weighted by atomic mass is 9.78. The molecular weight excluding hydrogens is 348 g/mol. The first-order chi connectivity index (χ1) is 13.7. The van der Waals surface area contributed by atoms with Crippen molar-refractivity contribution in [1.29, 1.82) is 0 Å². The summed E-state index contributed by atoms with van der Waals surface area (Å²) in [5.41, 5.74) is 8.69. The minimum atomic E-state index is -0.662. The Kier molecular flexibility index (Phi) is 5.13. The predicted molar refractivity (Wildman–Crippen MR) is 110 cm³/mol.